The molecule has 0 fully saturated rings. The Balaban J connectivity index is 1.93. The maximum Gasteiger partial charge on any atom is 0.338 e. The Morgan fingerprint density at radius 3 is 2.50 bits per heavy atom. The van der Waals surface area contributed by atoms with Crippen molar-refractivity contribution in [2.75, 3.05) is 7.11 Å². The van der Waals surface area contributed by atoms with E-state index in [0.717, 1.165) is 17.5 Å². The highest BCUT2D eigenvalue weighted by atomic mass is 32.1. The van der Waals surface area contributed by atoms with Gasteiger partial charge in [0.25, 0.3) is 5.56 Å². The lowest BCUT2D eigenvalue weighted by molar-refractivity contribution is -0.136. The van der Waals surface area contributed by atoms with Gasteiger partial charge in [-0.2, -0.15) is 0 Å². The number of aromatic nitrogens is 1. The Morgan fingerprint density at radius 2 is 1.87 bits per heavy atom. The standard InChI is InChI=1S/C24H22N2O3S/c1-4-16-10-12-17(13-11-16)14-19-22(27)26-21(18-8-6-5-7-9-18)20(23(28)29-3)15(2)25-24(26)30-19/h5-14,21H,4H2,1-3H3. The Morgan fingerprint density at radius 1 is 1.17 bits per heavy atom. The first-order valence-electron chi connectivity index (χ1n) is 9.78. The van der Waals surface area contributed by atoms with Crippen LogP contribution < -0.4 is 14.9 Å². The van der Waals surface area contributed by atoms with Gasteiger partial charge in [0.2, 0.25) is 0 Å². The number of fused-ring (bicyclic) bond motifs is 1. The molecule has 1 atom stereocenters. The first kappa shape index (κ1) is 20.0. The molecule has 5 nitrogen and oxygen atoms in total. The highest BCUT2D eigenvalue weighted by molar-refractivity contribution is 7.07. The van der Waals surface area contributed by atoms with Crippen molar-refractivity contribution >= 4 is 23.4 Å². The van der Waals surface area contributed by atoms with E-state index in [-0.39, 0.29) is 5.56 Å². The van der Waals surface area contributed by atoms with E-state index in [1.165, 1.54) is 24.0 Å². The fourth-order valence-corrected chi connectivity index (χ4v) is 4.69. The molecule has 152 valence electrons. The molecular weight excluding hydrogens is 396 g/mol. The lowest BCUT2D eigenvalue weighted by Crippen LogP contribution is -2.39. The summed E-state index contributed by atoms with van der Waals surface area (Å²) in [4.78, 5) is 31.1. The number of benzene rings is 2. The van der Waals surface area contributed by atoms with Crippen LogP contribution >= 0.6 is 11.3 Å². The van der Waals surface area contributed by atoms with E-state index in [1.807, 2.05) is 48.5 Å². The van der Waals surface area contributed by atoms with Gasteiger partial charge < -0.3 is 4.74 Å². The van der Waals surface area contributed by atoms with Crippen LogP contribution in [0.5, 0.6) is 0 Å². The predicted molar refractivity (Wildman–Crippen MR) is 118 cm³/mol. The van der Waals surface area contributed by atoms with Crippen LogP contribution in [0.3, 0.4) is 0 Å². The summed E-state index contributed by atoms with van der Waals surface area (Å²) in [6.45, 7) is 3.89. The number of methoxy groups -OCH3 is 1. The van der Waals surface area contributed by atoms with Gasteiger partial charge in [-0.25, -0.2) is 9.79 Å². The van der Waals surface area contributed by atoms with Crippen LogP contribution in [-0.4, -0.2) is 17.6 Å². The number of carbonyl (C=O) groups excluding carboxylic acids is 1. The van der Waals surface area contributed by atoms with Gasteiger partial charge in [0.15, 0.2) is 4.80 Å². The lowest BCUT2D eigenvalue weighted by atomic mass is 9.96. The summed E-state index contributed by atoms with van der Waals surface area (Å²) in [6, 6.07) is 17.1. The maximum atomic E-state index is 13.4. The Labute approximate surface area is 178 Å². The van der Waals surface area contributed by atoms with Gasteiger partial charge in [0.05, 0.1) is 29.0 Å². The van der Waals surface area contributed by atoms with Crippen molar-refractivity contribution in [3.8, 4) is 0 Å². The molecule has 4 rings (SSSR count). The van der Waals surface area contributed by atoms with Crippen LogP contribution in [-0.2, 0) is 16.0 Å². The number of allylic oxidation sites excluding steroid dienone is 1. The normalized spacial score (nSPS) is 16.2. The first-order valence-corrected chi connectivity index (χ1v) is 10.6. The van der Waals surface area contributed by atoms with E-state index in [1.54, 1.807) is 11.5 Å². The number of nitrogens with zero attached hydrogens (tertiary/aromatic N) is 2. The first-order chi connectivity index (χ1) is 14.5. The molecule has 30 heavy (non-hydrogen) atoms. The lowest BCUT2D eigenvalue weighted by Gasteiger charge is -2.24. The Kier molecular flexibility index (Phi) is 5.50. The molecule has 2 aromatic carbocycles. The molecule has 0 aliphatic carbocycles. The number of rotatable bonds is 4. The molecule has 6 heteroatoms. The average molecular weight is 419 g/mol. The molecule has 0 radical (unpaired) electrons. The summed E-state index contributed by atoms with van der Waals surface area (Å²) in [6.07, 6.45) is 2.84. The highest BCUT2D eigenvalue weighted by Crippen LogP contribution is 2.30. The largest absolute Gasteiger partial charge is 0.466 e. The van der Waals surface area contributed by atoms with Crippen molar-refractivity contribution in [1.82, 2.24) is 4.57 Å². The summed E-state index contributed by atoms with van der Waals surface area (Å²) in [5.74, 6) is -0.477. The molecule has 2 heterocycles. The molecule has 1 unspecified atom stereocenters. The molecule has 0 bridgehead atoms. The smallest absolute Gasteiger partial charge is 0.338 e. The summed E-state index contributed by atoms with van der Waals surface area (Å²) >= 11 is 1.33. The van der Waals surface area contributed by atoms with Crippen LogP contribution in [0.15, 0.2) is 75.7 Å². The molecule has 0 spiro atoms. The molecule has 0 N–H and O–H groups in total. The molecule has 0 amide bonds. The van der Waals surface area contributed by atoms with Crippen molar-refractivity contribution in [1.29, 1.82) is 0 Å². The van der Waals surface area contributed by atoms with Gasteiger partial charge in [-0.05, 0) is 36.1 Å². The quantitative estimate of drug-likeness (QED) is 0.612. The van der Waals surface area contributed by atoms with E-state index in [4.69, 9.17) is 4.74 Å². The fourth-order valence-electron chi connectivity index (χ4n) is 3.64. The van der Waals surface area contributed by atoms with Gasteiger partial charge in [0.1, 0.15) is 0 Å². The zero-order valence-corrected chi connectivity index (χ0v) is 17.9. The molecule has 3 aromatic rings. The second kappa shape index (κ2) is 8.24. The molecule has 1 aromatic heterocycles. The number of hydrogen-bond donors (Lipinski definition) is 0. The zero-order valence-electron chi connectivity index (χ0n) is 17.1. The van der Waals surface area contributed by atoms with E-state index < -0.39 is 12.0 Å². The van der Waals surface area contributed by atoms with Crippen LogP contribution in [0.1, 0.15) is 36.6 Å². The van der Waals surface area contributed by atoms with Gasteiger partial charge >= 0.3 is 5.97 Å². The predicted octanol–water partition coefficient (Wildman–Crippen LogP) is 2.97. The Bertz CT molecular complexity index is 1300. The zero-order chi connectivity index (χ0) is 21.3. The second-order valence-corrected chi connectivity index (χ2v) is 8.09. The van der Waals surface area contributed by atoms with Gasteiger partial charge in [0, 0.05) is 0 Å². The van der Waals surface area contributed by atoms with Crippen LogP contribution in [0.25, 0.3) is 6.08 Å². The van der Waals surface area contributed by atoms with E-state index in [2.05, 4.69) is 24.0 Å². The van der Waals surface area contributed by atoms with Gasteiger partial charge in [-0.1, -0.05) is 72.9 Å². The number of aryl methyl sites for hydroxylation is 1. The molecule has 1 aliphatic heterocycles. The summed E-state index contributed by atoms with van der Waals surface area (Å²) < 4.78 is 7.20. The number of ether oxygens (including phenoxy) is 1. The molecule has 0 saturated heterocycles. The van der Waals surface area contributed by atoms with Gasteiger partial charge in [-0.3, -0.25) is 9.36 Å². The van der Waals surface area contributed by atoms with Crippen LogP contribution in [0.2, 0.25) is 0 Å². The van der Waals surface area contributed by atoms with E-state index in [9.17, 15) is 9.59 Å². The van der Waals surface area contributed by atoms with Crippen molar-refractivity contribution in [3.05, 3.63) is 102 Å². The maximum absolute atomic E-state index is 13.4. The third-order valence-electron chi connectivity index (χ3n) is 5.23. The van der Waals surface area contributed by atoms with E-state index >= 15 is 0 Å². The minimum absolute atomic E-state index is 0.166. The topological polar surface area (TPSA) is 60.7 Å². The second-order valence-electron chi connectivity index (χ2n) is 7.08. The van der Waals surface area contributed by atoms with E-state index in [0.29, 0.717) is 20.6 Å². The molecule has 0 saturated carbocycles. The number of thiazole rings is 1. The minimum atomic E-state index is -0.570. The third-order valence-corrected chi connectivity index (χ3v) is 6.21. The minimum Gasteiger partial charge on any atom is -0.466 e. The van der Waals surface area contributed by atoms with Crippen molar-refractivity contribution in [2.45, 2.75) is 26.3 Å². The Hall–Kier alpha value is -3.25. The summed E-state index contributed by atoms with van der Waals surface area (Å²) in [7, 11) is 1.34. The third kappa shape index (κ3) is 3.55. The molecular formula is C24H22N2O3S. The SMILES string of the molecule is CCc1ccc(C=c2sc3n(c2=O)C(c2ccccc2)C(C(=O)OC)=C(C)N=3)cc1. The number of hydrogen-bond acceptors (Lipinski definition) is 5. The number of esters is 1. The van der Waals surface area contributed by atoms with Crippen molar-refractivity contribution < 1.29 is 9.53 Å². The average Bonchev–Trinajstić information content (AvgIpc) is 3.08. The monoisotopic (exact) mass is 418 g/mol. The number of carbonyl (C=O) groups is 1. The fraction of sp³-hybridized carbons (Fsp3) is 0.208. The van der Waals surface area contributed by atoms with Crippen LogP contribution in [0.4, 0.5) is 0 Å². The highest BCUT2D eigenvalue weighted by Gasteiger charge is 2.32. The summed E-state index contributed by atoms with van der Waals surface area (Å²) in [5.41, 5.74) is 3.83. The van der Waals surface area contributed by atoms with Crippen LogP contribution in [0, 0.1) is 0 Å². The molecule has 1 aliphatic rings. The summed E-state index contributed by atoms with van der Waals surface area (Å²) in [5, 5.41) is 0. The van der Waals surface area contributed by atoms with Gasteiger partial charge in [-0.15, -0.1) is 0 Å². The van der Waals surface area contributed by atoms with Crippen molar-refractivity contribution in [2.24, 2.45) is 4.99 Å². The van der Waals surface area contributed by atoms with Crippen molar-refractivity contribution in [3.63, 3.8) is 0 Å².